The Labute approximate surface area is 104 Å². The largest absolute Gasteiger partial charge is 0.381 e. The Morgan fingerprint density at radius 3 is 2.88 bits per heavy atom. The van der Waals surface area contributed by atoms with E-state index in [1.807, 2.05) is 6.92 Å². The number of carbonyl (C=O) groups is 1. The molecule has 1 rings (SSSR count). The van der Waals surface area contributed by atoms with E-state index in [-0.39, 0.29) is 11.9 Å². The summed E-state index contributed by atoms with van der Waals surface area (Å²) in [4.78, 5) is 11.7. The Morgan fingerprint density at radius 1 is 1.47 bits per heavy atom. The van der Waals surface area contributed by atoms with Gasteiger partial charge in [-0.2, -0.15) is 0 Å². The number of nitrogens with one attached hydrogen (secondary N) is 2. The van der Waals surface area contributed by atoms with Crippen LogP contribution in [-0.4, -0.2) is 37.7 Å². The highest BCUT2D eigenvalue weighted by Gasteiger charge is 2.24. The third-order valence-corrected chi connectivity index (χ3v) is 3.39. The molecular weight excluding hydrogens is 216 g/mol. The molecule has 1 aliphatic carbocycles. The molecule has 1 saturated carbocycles. The van der Waals surface area contributed by atoms with E-state index in [0.717, 1.165) is 32.2 Å². The van der Waals surface area contributed by atoms with Crippen LogP contribution in [0.2, 0.25) is 0 Å². The van der Waals surface area contributed by atoms with Gasteiger partial charge in [0.2, 0.25) is 5.91 Å². The predicted molar refractivity (Wildman–Crippen MR) is 69.0 cm³/mol. The lowest BCUT2D eigenvalue weighted by atomic mass is 9.92. The highest BCUT2D eigenvalue weighted by atomic mass is 16.5. The number of methoxy groups -OCH3 is 1. The number of amides is 1. The molecule has 0 heterocycles. The minimum absolute atomic E-state index is 0.103. The molecule has 0 spiro atoms. The van der Waals surface area contributed by atoms with E-state index in [0.29, 0.717) is 12.1 Å². The van der Waals surface area contributed by atoms with Crippen LogP contribution in [0.15, 0.2) is 0 Å². The molecule has 2 N–H and O–H groups in total. The van der Waals surface area contributed by atoms with Crippen molar-refractivity contribution in [3.05, 3.63) is 0 Å². The van der Waals surface area contributed by atoms with Gasteiger partial charge in [0.25, 0.3) is 0 Å². The molecule has 0 radical (unpaired) electrons. The molecule has 3 unspecified atom stereocenters. The summed E-state index contributed by atoms with van der Waals surface area (Å²) >= 11 is 0. The van der Waals surface area contributed by atoms with Gasteiger partial charge < -0.3 is 15.4 Å². The van der Waals surface area contributed by atoms with Gasteiger partial charge in [0.15, 0.2) is 0 Å². The van der Waals surface area contributed by atoms with E-state index >= 15 is 0 Å². The van der Waals surface area contributed by atoms with Crippen LogP contribution in [-0.2, 0) is 9.53 Å². The molecule has 0 aromatic rings. The van der Waals surface area contributed by atoms with Crippen molar-refractivity contribution < 1.29 is 9.53 Å². The number of hydrogen-bond acceptors (Lipinski definition) is 3. The maximum absolute atomic E-state index is 11.7. The number of carbonyl (C=O) groups excluding carboxylic acids is 1. The Morgan fingerprint density at radius 2 is 2.24 bits per heavy atom. The maximum atomic E-state index is 11.7. The summed E-state index contributed by atoms with van der Waals surface area (Å²) in [7, 11) is 1.77. The van der Waals surface area contributed by atoms with Crippen molar-refractivity contribution in [3.63, 3.8) is 0 Å². The zero-order chi connectivity index (χ0) is 12.7. The van der Waals surface area contributed by atoms with Gasteiger partial charge >= 0.3 is 0 Å². The normalized spacial score (nSPS) is 26.5. The van der Waals surface area contributed by atoms with Crippen molar-refractivity contribution in [1.29, 1.82) is 0 Å². The van der Waals surface area contributed by atoms with Crippen molar-refractivity contribution in [3.8, 4) is 0 Å². The van der Waals surface area contributed by atoms with Crippen LogP contribution >= 0.6 is 0 Å². The molecule has 0 saturated heterocycles. The highest BCUT2D eigenvalue weighted by molar-refractivity contribution is 5.81. The average molecular weight is 242 g/mol. The van der Waals surface area contributed by atoms with E-state index in [4.69, 9.17) is 4.74 Å². The fourth-order valence-electron chi connectivity index (χ4n) is 2.34. The first-order valence-corrected chi connectivity index (χ1v) is 6.74. The quantitative estimate of drug-likeness (QED) is 0.741. The molecule has 17 heavy (non-hydrogen) atoms. The maximum Gasteiger partial charge on any atom is 0.236 e. The van der Waals surface area contributed by atoms with E-state index in [2.05, 4.69) is 17.6 Å². The third-order valence-electron chi connectivity index (χ3n) is 3.39. The second-order valence-corrected chi connectivity index (χ2v) is 4.90. The first-order valence-electron chi connectivity index (χ1n) is 6.74. The Bertz CT molecular complexity index is 233. The Kier molecular flexibility index (Phi) is 6.52. The molecule has 1 fully saturated rings. The topological polar surface area (TPSA) is 50.4 Å². The van der Waals surface area contributed by atoms with Gasteiger partial charge in [-0.25, -0.2) is 0 Å². The summed E-state index contributed by atoms with van der Waals surface area (Å²) in [5.74, 6) is 0.103. The molecule has 3 atom stereocenters. The molecular formula is C13H26N2O2. The standard InChI is InChI=1S/C13H26N2O2/c1-4-8-14-13(16)10(2)15-11-6-5-7-12(9-11)17-3/h10-12,15H,4-9H2,1-3H3,(H,14,16). The van der Waals surface area contributed by atoms with Crippen LogP contribution in [0.3, 0.4) is 0 Å². The SMILES string of the molecule is CCCNC(=O)C(C)NC1CCCC(OC)C1. The molecule has 0 aromatic carbocycles. The van der Waals surface area contributed by atoms with Crippen molar-refractivity contribution in [2.75, 3.05) is 13.7 Å². The summed E-state index contributed by atoms with van der Waals surface area (Å²) < 4.78 is 5.39. The molecule has 1 aliphatic rings. The van der Waals surface area contributed by atoms with Crippen molar-refractivity contribution in [2.24, 2.45) is 0 Å². The monoisotopic (exact) mass is 242 g/mol. The number of ether oxygens (including phenoxy) is 1. The van der Waals surface area contributed by atoms with Crippen LogP contribution in [0.5, 0.6) is 0 Å². The summed E-state index contributed by atoms with van der Waals surface area (Å²) in [6.45, 7) is 4.75. The van der Waals surface area contributed by atoms with Crippen molar-refractivity contribution in [2.45, 2.75) is 64.1 Å². The van der Waals surface area contributed by atoms with Gasteiger partial charge in [-0.3, -0.25) is 4.79 Å². The zero-order valence-electron chi connectivity index (χ0n) is 11.3. The predicted octanol–water partition coefficient (Wildman–Crippen LogP) is 1.45. The lowest BCUT2D eigenvalue weighted by Gasteiger charge is -2.30. The highest BCUT2D eigenvalue weighted by Crippen LogP contribution is 2.20. The summed E-state index contributed by atoms with van der Waals surface area (Å²) in [6.07, 6.45) is 5.82. The summed E-state index contributed by atoms with van der Waals surface area (Å²) in [6, 6.07) is 0.304. The van der Waals surface area contributed by atoms with E-state index in [1.165, 1.54) is 6.42 Å². The van der Waals surface area contributed by atoms with Gasteiger partial charge in [0.05, 0.1) is 12.1 Å². The molecule has 0 aliphatic heterocycles. The van der Waals surface area contributed by atoms with E-state index in [9.17, 15) is 4.79 Å². The van der Waals surface area contributed by atoms with Gasteiger partial charge in [-0.1, -0.05) is 6.92 Å². The third kappa shape index (κ3) is 5.04. The fraction of sp³-hybridized carbons (Fsp3) is 0.923. The van der Waals surface area contributed by atoms with Gasteiger partial charge in [-0.05, 0) is 39.0 Å². The zero-order valence-corrected chi connectivity index (χ0v) is 11.3. The van der Waals surface area contributed by atoms with Crippen LogP contribution in [0.25, 0.3) is 0 Å². The Balaban J connectivity index is 2.29. The minimum atomic E-state index is -0.109. The van der Waals surface area contributed by atoms with Crippen molar-refractivity contribution >= 4 is 5.91 Å². The van der Waals surface area contributed by atoms with E-state index < -0.39 is 0 Å². The van der Waals surface area contributed by atoms with Crippen LogP contribution < -0.4 is 10.6 Å². The van der Waals surface area contributed by atoms with Gasteiger partial charge in [-0.15, -0.1) is 0 Å². The molecule has 4 heteroatoms. The first kappa shape index (κ1) is 14.5. The molecule has 0 aromatic heterocycles. The van der Waals surface area contributed by atoms with Gasteiger partial charge in [0, 0.05) is 19.7 Å². The molecule has 100 valence electrons. The van der Waals surface area contributed by atoms with Crippen LogP contribution in [0.1, 0.15) is 46.0 Å². The van der Waals surface area contributed by atoms with Crippen LogP contribution in [0.4, 0.5) is 0 Å². The van der Waals surface area contributed by atoms with Crippen molar-refractivity contribution in [1.82, 2.24) is 10.6 Å². The average Bonchev–Trinajstić information content (AvgIpc) is 2.36. The lowest BCUT2D eigenvalue weighted by molar-refractivity contribution is -0.123. The smallest absolute Gasteiger partial charge is 0.236 e. The fourth-order valence-corrected chi connectivity index (χ4v) is 2.34. The van der Waals surface area contributed by atoms with E-state index in [1.54, 1.807) is 7.11 Å². The Hall–Kier alpha value is -0.610. The molecule has 4 nitrogen and oxygen atoms in total. The molecule has 0 bridgehead atoms. The second-order valence-electron chi connectivity index (χ2n) is 4.90. The second kappa shape index (κ2) is 7.67. The van der Waals surface area contributed by atoms with Gasteiger partial charge in [0.1, 0.15) is 0 Å². The first-order chi connectivity index (χ1) is 8.17. The number of hydrogen-bond donors (Lipinski definition) is 2. The molecule has 1 amide bonds. The summed E-state index contributed by atoms with van der Waals surface area (Å²) in [5.41, 5.74) is 0. The number of rotatable bonds is 6. The lowest BCUT2D eigenvalue weighted by Crippen LogP contribution is -2.48. The van der Waals surface area contributed by atoms with Crippen LogP contribution in [0, 0.1) is 0 Å². The summed E-state index contributed by atoms with van der Waals surface area (Å²) in [5, 5.41) is 6.31. The minimum Gasteiger partial charge on any atom is -0.381 e.